The van der Waals surface area contributed by atoms with Gasteiger partial charge in [-0.15, -0.1) is 11.3 Å². The van der Waals surface area contributed by atoms with E-state index < -0.39 is 6.10 Å². The van der Waals surface area contributed by atoms with Crippen molar-refractivity contribution in [2.45, 2.75) is 52.2 Å². The van der Waals surface area contributed by atoms with E-state index in [-0.39, 0.29) is 18.6 Å². The van der Waals surface area contributed by atoms with Crippen LogP contribution >= 0.6 is 11.3 Å². The Hall–Kier alpha value is -1.14. The Labute approximate surface area is 118 Å². The fourth-order valence-electron chi connectivity index (χ4n) is 1.65. The van der Waals surface area contributed by atoms with Crippen LogP contribution < -0.4 is 10.6 Å². The average Bonchev–Trinajstić information content (AvgIpc) is 2.85. The van der Waals surface area contributed by atoms with Gasteiger partial charge in [0.2, 0.25) is 0 Å². The molecule has 1 aromatic rings. The molecule has 2 unspecified atom stereocenters. The Kier molecular flexibility index (Phi) is 6.80. The lowest BCUT2D eigenvalue weighted by molar-refractivity contribution is 0.160. The SMILES string of the molecule is CCCC(O)CNC(=O)NC(C)c1csc(CC)n1. The van der Waals surface area contributed by atoms with Gasteiger partial charge in [0.25, 0.3) is 0 Å². The van der Waals surface area contributed by atoms with Gasteiger partial charge in [0.15, 0.2) is 0 Å². The van der Waals surface area contributed by atoms with Crippen LogP contribution in [0.4, 0.5) is 4.79 Å². The van der Waals surface area contributed by atoms with Crippen LogP contribution in [0.3, 0.4) is 0 Å². The normalized spacial score (nSPS) is 13.9. The summed E-state index contributed by atoms with van der Waals surface area (Å²) in [5.41, 5.74) is 0.881. The number of rotatable bonds is 7. The average molecular weight is 285 g/mol. The minimum absolute atomic E-state index is 0.125. The van der Waals surface area contributed by atoms with Crippen LogP contribution in [-0.4, -0.2) is 28.8 Å². The van der Waals surface area contributed by atoms with Gasteiger partial charge in [-0.05, 0) is 19.8 Å². The maximum atomic E-state index is 11.7. The quantitative estimate of drug-likeness (QED) is 0.719. The molecule has 0 aliphatic rings. The standard InChI is InChI=1S/C13H23N3O2S/c1-4-6-10(17)7-14-13(18)15-9(3)11-8-19-12(5-2)16-11/h8-10,17H,4-7H2,1-3H3,(H2,14,15,18). The topological polar surface area (TPSA) is 74.2 Å². The molecule has 2 amide bonds. The lowest BCUT2D eigenvalue weighted by Gasteiger charge is -2.14. The second kappa shape index (κ2) is 8.12. The zero-order chi connectivity index (χ0) is 14.3. The van der Waals surface area contributed by atoms with Crippen molar-refractivity contribution in [2.75, 3.05) is 6.54 Å². The number of carbonyl (C=O) groups excluding carboxylic acids is 1. The third kappa shape index (κ3) is 5.57. The summed E-state index contributed by atoms with van der Waals surface area (Å²) in [6.07, 6.45) is 2.03. The number of aryl methyl sites for hydroxylation is 1. The molecule has 1 rings (SSSR count). The molecule has 2 atom stereocenters. The molecule has 5 nitrogen and oxygen atoms in total. The third-order valence-corrected chi connectivity index (χ3v) is 3.79. The summed E-state index contributed by atoms with van der Waals surface area (Å²) in [6.45, 7) is 6.24. The fourth-order valence-corrected chi connectivity index (χ4v) is 2.49. The number of aromatic nitrogens is 1. The first-order valence-electron chi connectivity index (χ1n) is 6.73. The van der Waals surface area contributed by atoms with E-state index in [9.17, 15) is 9.90 Å². The molecule has 0 fully saturated rings. The summed E-state index contributed by atoms with van der Waals surface area (Å²) < 4.78 is 0. The molecule has 6 heteroatoms. The van der Waals surface area contributed by atoms with Crippen LogP contribution in [0.2, 0.25) is 0 Å². The van der Waals surface area contributed by atoms with Gasteiger partial charge in [0.1, 0.15) is 0 Å². The van der Waals surface area contributed by atoms with Crippen molar-refractivity contribution in [2.24, 2.45) is 0 Å². The van der Waals surface area contributed by atoms with Crippen LogP contribution in [0.5, 0.6) is 0 Å². The highest BCUT2D eigenvalue weighted by Gasteiger charge is 2.13. The molecule has 0 aliphatic heterocycles. The number of nitrogens with zero attached hydrogens (tertiary/aromatic N) is 1. The van der Waals surface area contributed by atoms with Gasteiger partial charge in [-0.25, -0.2) is 9.78 Å². The van der Waals surface area contributed by atoms with E-state index in [2.05, 4.69) is 22.5 Å². The Balaban J connectivity index is 2.35. The Morgan fingerprint density at radius 2 is 2.26 bits per heavy atom. The zero-order valence-corrected chi connectivity index (χ0v) is 12.6. The van der Waals surface area contributed by atoms with Crippen molar-refractivity contribution >= 4 is 17.4 Å². The first-order chi connectivity index (χ1) is 9.06. The van der Waals surface area contributed by atoms with Gasteiger partial charge in [0.05, 0.1) is 22.8 Å². The van der Waals surface area contributed by atoms with Crippen molar-refractivity contribution in [1.82, 2.24) is 15.6 Å². The zero-order valence-electron chi connectivity index (χ0n) is 11.8. The molecule has 0 aromatic carbocycles. The minimum Gasteiger partial charge on any atom is -0.391 e. The van der Waals surface area contributed by atoms with E-state index in [1.807, 2.05) is 19.2 Å². The lowest BCUT2D eigenvalue weighted by atomic mass is 10.2. The summed E-state index contributed by atoms with van der Waals surface area (Å²) in [4.78, 5) is 16.1. The van der Waals surface area contributed by atoms with Crippen molar-refractivity contribution in [1.29, 1.82) is 0 Å². The molecule has 3 N–H and O–H groups in total. The molecule has 0 spiro atoms. The Morgan fingerprint density at radius 3 is 2.84 bits per heavy atom. The van der Waals surface area contributed by atoms with E-state index in [1.165, 1.54) is 0 Å². The van der Waals surface area contributed by atoms with Gasteiger partial charge in [-0.2, -0.15) is 0 Å². The molecule has 0 saturated carbocycles. The highest BCUT2D eigenvalue weighted by molar-refractivity contribution is 7.09. The summed E-state index contributed by atoms with van der Waals surface area (Å²) in [7, 11) is 0. The van der Waals surface area contributed by atoms with Gasteiger partial charge in [0, 0.05) is 11.9 Å². The Bertz CT molecular complexity index is 395. The molecule has 0 bridgehead atoms. The highest BCUT2D eigenvalue weighted by atomic mass is 32.1. The van der Waals surface area contributed by atoms with Crippen LogP contribution in [0, 0.1) is 0 Å². The molecule has 19 heavy (non-hydrogen) atoms. The monoisotopic (exact) mass is 285 g/mol. The fraction of sp³-hybridized carbons (Fsp3) is 0.692. The number of carbonyl (C=O) groups is 1. The van der Waals surface area contributed by atoms with Crippen molar-refractivity contribution in [3.8, 4) is 0 Å². The van der Waals surface area contributed by atoms with E-state index in [0.29, 0.717) is 6.42 Å². The summed E-state index contributed by atoms with van der Waals surface area (Å²) in [6, 6.07) is -0.395. The van der Waals surface area contributed by atoms with E-state index in [1.54, 1.807) is 11.3 Å². The van der Waals surface area contributed by atoms with E-state index >= 15 is 0 Å². The number of hydrogen-bond acceptors (Lipinski definition) is 4. The maximum Gasteiger partial charge on any atom is 0.315 e. The largest absolute Gasteiger partial charge is 0.391 e. The molecule has 108 valence electrons. The van der Waals surface area contributed by atoms with E-state index in [4.69, 9.17) is 0 Å². The number of amides is 2. The van der Waals surface area contributed by atoms with Crippen molar-refractivity contribution in [3.63, 3.8) is 0 Å². The molecular weight excluding hydrogens is 262 g/mol. The number of urea groups is 1. The molecular formula is C13H23N3O2S. The summed E-state index contributed by atoms with van der Waals surface area (Å²) in [5, 5.41) is 18.0. The van der Waals surface area contributed by atoms with Crippen LogP contribution in [0.1, 0.15) is 50.4 Å². The number of nitrogens with one attached hydrogen (secondary N) is 2. The van der Waals surface area contributed by atoms with E-state index in [0.717, 1.165) is 23.5 Å². The summed E-state index contributed by atoms with van der Waals surface area (Å²) >= 11 is 1.61. The smallest absolute Gasteiger partial charge is 0.315 e. The van der Waals surface area contributed by atoms with Crippen molar-refractivity contribution < 1.29 is 9.90 Å². The first-order valence-corrected chi connectivity index (χ1v) is 7.61. The molecule has 1 heterocycles. The van der Waals surface area contributed by atoms with Gasteiger partial charge in [-0.1, -0.05) is 20.3 Å². The second-order valence-electron chi connectivity index (χ2n) is 4.54. The maximum absolute atomic E-state index is 11.7. The number of aliphatic hydroxyl groups excluding tert-OH is 1. The number of thiazole rings is 1. The molecule has 0 radical (unpaired) electrons. The summed E-state index contributed by atoms with van der Waals surface area (Å²) in [5.74, 6) is 0. The van der Waals surface area contributed by atoms with Gasteiger partial charge in [-0.3, -0.25) is 0 Å². The third-order valence-electron chi connectivity index (χ3n) is 2.78. The van der Waals surface area contributed by atoms with Crippen LogP contribution in [0.15, 0.2) is 5.38 Å². The predicted molar refractivity (Wildman–Crippen MR) is 77.4 cm³/mol. The van der Waals surface area contributed by atoms with Crippen LogP contribution in [0.25, 0.3) is 0 Å². The van der Waals surface area contributed by atoms with Crippen LogP contribution in [-0.2, 0) is 6.42 Å². The highest BCUT2D eigenvalue weighted by Crippen LogP contribution is 2.16. The first kappa shape index (κ1) is 15.9. The molecule has 0 aliphatic carbocycles. The van der Waals surface area contributed by atoms with Crippen molar-refractivity contribution in [3.05, 3.63) is 16.1 Å². The minimum atomic E-state index is -0.475. The Morgan fingerprint density at radius 1 is 1.53 bits per heavy atom. The second-order valence-corrected chi connectivity index (χ2v) is 5.48. The van der Waals surface area contributed by atoms with Gasteiger partial charge >= 0.3 is 6.03 Å². The lowest BCUT2D eigenvalue weighted by Crippen LogP contribution is -2.40. The number of hydrogen-bond donors (Lipinski definition) is 3. The molecule has 0 saturated heterocycles. The van der Waals surface area contributed by atoms with Gasteiger partial charge < -0.3 is 15.7 Å². The predicted octanol–water partition coefficient (Wildman–Crippen LogP) is 2.23. The molecule has 1 aromatic heterocycles. The number of aliphatic hydroxyl groups is 1.